The van der Waals surface area contributed by atoms with E-state index in [1.165, 1.54) is 25.1 Å². The maximum absolute atomic E-state index is 14.4. The van der Waals surface area contributed by atoms with E-state index in [0.29, 0.717) is 0 Å². The van der Waals surface area contributed by atoms with Gasteiger partial charge in [0.1, 0.15) is 42.2 Å². The van der Waals surface area contributed by atoms with Crippen LogP contribution in [0.3, 0.4) is 0 Å². The minimum Gasteiger partial charge on any atom is -0.394 e. The van der Waals surface area contributed by atoms with Gasteiger partial charge in [-0.1, -0.05) is 31.2 Å². The number of hydrogen-bond acceptors (Lipinski definition) is 7. The molecule has 1 saturated heterocycles. The van der Waals surface area contributed by atoms with Gasteiger partial charge in [0.2, 0.25) is 0 Å². The molecule has 1 fully saturated rings. The van der Waals surface area contributed by atoms with Crippen molar-refractivity contribution in [1.82, 2.24) is 0 Å². The first kappa shape index (κ1) is 26.6. The Bertz CT molecular complexity index is 918. The first-order valence-corrected chi connectivity index (χ1v) is 10.3. The standard InChI is InChI=1S/C22H28ClF2NO6/c1-4-13(8-16(25)10(2)11(3)24)22(26,31)14-7-12(5-6-15(14)23)21-20(30)19(29)18(28)17(9-27)32-21/h5-8,17-21,27-31H,3-4,9,26H2,1-2H3. The van der Waals surface area contributed by atoms with E-state index >= 15 is 0 Å². The lowest BCUT2D eigenvalue weighted by Gasteiger charge is -2.40. The van der Waals surface area contributed by atoms with Crippen molar-refractivity contribution in [2.24, 2.45) is 5.73 Å². The fraction of sp³-hybridized carbons (Fsp3) is 0.455. The van der Waals surface area contributed by atoms with Crippen LogP contribution in [0.25, 0.3) is 0 Å². The van der Waals surface area contributed by atoms with Gasteiger partial charge >= 0.3 is 0 Å². The van der Waals surface area contributed by atoms with E-state index in [-0.39, 0.29) is 33.7 Å². The molecule has 0 saturated carbocycles. The van der Waals surface area contributed by atoms with Gasteiger partial charge in [0.15, 0.2) is 5.72 Å². The van der Waals surface area contributed by atoms with Gasteiger partial charge in [-0.2, -0.15) is 0 Å². The molecular weight excluding hydrogens is 448 g/mol. The lowest BCUT2D eigenvalue weighted by atomic mass is 9.87. The van der Waals surface area contributed by atoms with Crippen molar-refractivity contribution in [2.45, 2.75) is 56.5 Å². The highest BCUT2D eigenvalue weighted by atomic mass is 35.5. The molecule has 178 valence electrons. The zero-order valence-electron chi connectivity index (χ0n) is 17.7. The summed E-state index contributed by atoms with van der Waals surface area (Å²) in [4.78, 5) is 0. The third-order valence-corrected chi connectivity index (χ3v) is 5.89. The average Bonchev–Trinajstić information content (AvgIpc) is 2.75. The number of rotatable bonds is 7. The molecule has 7 nitrogen and oxygen atoms in total. The highest BCUT2D eigenvalue weighted by Crippen LogP contribution is 2.38. The van der Waals surface area contributed by atoms with Crippen LogP contribution in [-0.4, -0.2) is 56.6 Å². The van der Waals surface area contributed by atoms with Crippen molar-refractivity contribution >= 4 is 11.6 Å². The largest absolute Gasteiger partial charge is 0.394 e. The normalized spacial score (nSPS) is 29.3. The Morgan fingerprint density at radius 3 is 2.41 bits per heavy atom. The van der Waals surface area contributed by atoms with Gasteiger partial charge in [-0.3, -0.25) is 5.73 Å². The summed E-state index contributed by atoms with van der Waals surface area (Å²) in [6.07, 6.45) is -6.07. The van der Waals surface area contributed by atoms with Crippen molar-refractivity contribution in [1.29, 1.82) is 0 Å². The number of aliphatic hydroxyl groups is 5. The van der Waals surface area contributed by atoms with Gasteiger partial charge in [-0.15, -0.1) is 0 Å². The van der Waals surface area contributed by atoms with Gasteiger partial charge < -0.3 is 30.3 Å². The summed E-state index contributed by atoms with van der Waals surface area (Å²) in [5.74, 6) is -1.95. The van der Waals surface area contributed by atoms with Gasteiger partial charge in [0.25, 0.3) is 0 Å². The van der Waals surface area contributed by atoms with Crippen molar-refractivity contribution in [2.75, 3.05) is 6.61 Å². The molecule has 7 N–H and O–H groups in total. The van der Waals surface area contributed by atoms with E-state index in [1.54, 1.807) is 6.92 Å². The summed E-state index contributed by atoms with van der Waals surface area (Å²) in [5.41, 5.74) is 3.62. The summed E-state index contributed by atoms with van der Waals surface area (Å²) in [5, 5.41) is 50.9. The van der Waals surface area contributed by atoms with Crippen LogP contribution in [0.1, 0.15) is 37.5 Å². The Morgan fingerprint density at radius 2 is 1.88 bits per heavy atom. The van der Waals surface area contributed by atoms with Crippen LogP contribution in [0.15, 0.2) is 53.7 Å². The van der Waals surface area contributed by atoms with Gasteiger partial charge in [-0.25, -0.2) is 8.78 Å². The molecule has 2 rings (SSSR count). The first-order chi connectivity index (χ1) is 14.9. The van der Waals surface area contributed by atoms with E-state index in [4.69, 9.17) is 22.1 Å². The fourth-order valence-corrected chi connectivity index (χ4v) is 3.70. The van der Waals surface area contributed by atoms with Crippen LogP contribution in [0.2, 0.25) is 5.02 Å². The minimum atomic E-state index is -2.29. The molecule has 0 bridgehead atoms. The van der Waals surface area contributed by atoms with Crippen molar-refractivity contribution in [3.8, 4) is 0 Å². The summed E-state index contributed by atoms with van der Waals surface area (Å²) >= 11 is 6.23. The van der Waals surface area contributed by atoms with Gasteiger partial charge in [-0.05, 0) is 42.7 Å². The maximum Gasteiger partial charge on any atom is 0.163 e. The number of aliphatic hydroxyl groups excluding tert-OH is 4. The summed E-state index contributed by atoms with van der Waals surface area (Å²) in [7, 11) is 0. The van der Waals surface area contributed by atoms with E-state index in [1.807, 2.05) is 0 Å². The van der Waals surface area contributed by atoms with Crippen LogP contribution in [0, 0.1) is 0 Å². The molecule has 0 amide bonds. The molecule has 6 atom stereocenters. The van der Waals surface area contributed by atoms with E-state index in [2.05, 4.69) is 6.58 Å². The molecule has 1 aromatic rings. The van der Waals surface area contributed by atoms with E-state index < -0.39 is 54.5 Å². The number of halogens is 3. The predicted molar refractivity (Wildman–Crippen MR) is 115 cm³/mol. The predicted octanol–water partition coefficient (Wildman–Crippen LogP) is 2.02. The van der Waals surface area contributed by atoms with E-state index in [0.717, 1.165) is 6.08 Å². The smallest absolute Gasteiger partial charge is 0.163 e. The molecule has 0 aromatic heterocycles. The highest BCUT2D eigenvalue weighted by Gasteiger charge is 2.44. The Morgan fingerprint density at radius 1 is 1.25 bits per heavy atom. The maximum atomic E-state index is 14.4. The molecular formula is C22H28ClF2NO6. The number of allylic oxidation sites excluding steroid dienone is 4. The van der Waals surface area contributed by atoms with Gasteiger partial charge in [0, 0.05) is 16.2 Å². The van der Waals surface area contributed by atoms with Crippen molar-refractivity contribution in [3.63, 3.8) is 0 Å². The van der Waals surface area contributed by atoms with Crippen molar-refractivity contribution < 1.29 is 39.1 Å². The number of benzene rings is 1. The quantitative estimate of drug-likeness (QED) is 0.262. The second-order valence-corrected chi connectivity index (χ2v) is 8.06. The lowest BCUT2D eigenvalue weighted by Crippen LogP contribution is -2.55. The Labute approximate surface area is 189 Å². The van der Waals surface area contributed by atoms with Crippen LogP contribution >= 0.6 is 11.6 Å². The number of nitrogens with two attached hydrogens (primary N) is 1. The number of hydrogen-bond donors (Lipinski definition) is 6. The Kier molecular flexibility index (Phi) is 8.71. The molecule has 0 radical (unpaired) electrons. The minimum absolute atomic E-state index is 0.0127. The monoisotopic (exact) mass is 475 g/mol. The molecule has 1 aromatic carbocycles. The lowest BCUT2D eigenvalue weighted by molar-refractivity contribution is -0.231. The zero-order chi connectivity index (χ0) is 24.4. The summed E-state index contributed by atoms with van der Waals surface area (Å²) in [6, 6.07) is 4.11. The van der Waals surface area contributed by atoms with Crippen LogP contribution < -0.4 is 5.73 Å². The SMILES string of the molecule is C=C(F)C(C)=C(F)C=C(CC)C(N)(O)c1cc(C2OC(CO)C(O)C(O)C2O)ccc1Cl. The van der Waals surface area contributed by atoms with Crippen LogP contribution in [0.4, 0.5) is 8.78 Å². The molecule has 0 spiro atoms. The summed E-state index contributed by atoms with van der Waals surface area (Å²) < 4.78 is 33.2. The third kappa shape index (κ3) is 5.27. The molecule has 1 aliphatic rings. The molecule has 32 heavy (non-hydrogen) atoms. The molecule has 1 heterocycles. The average molecular weight is 476 g/mol. The van der Waals surface area contributed by atoms with Crippen LogP contribution in [0.5, 0.6) is 0 Å². The molecule has 1 aliphatic heterocycles. The molecule has 10 heteroatoms. The van der Waals surface area contributed by atoms with Crippen molar-refractivity contribution in [3.05, 3.63) is 69.8 Å². The topological polar surface area (TPSA) is 136 Å². The highest BCUT2D eigenvalue weighted by molar-refractivity contribution is 6.31. The second kappa shape index (κ2) is 10.5. The molecule has 6 unspecified atom stereocenters. The molecule has 0 aliphatic carbocycles. The van der Waals surface area contributed by atoms with Gasteiger partial charge in [0.05, 0.1) is 6.61 Å². The second-order valence-electron chi connectivity index (χ2n) is 7.66. The van der Waals surface area contributed by atoms with Crippen LogP contribution in [-0.2, 0) is 10.5 Å². The zero-order valence-corrected chi connectivity index (χ0v) is 18.4. The fourth-order valence-electron chi connectivity index (χ4n) is 3.43. The summed E-state index contributed by atoms with van der Waals surface area (Å²) in [6.45, 7) is 5.21. The van der Waals surface area contributed by atoms with E-state index in [9.17, 15) is 34.3 Å². The Hall–Kier alpha value is -1.69. The number of ether oxygens (including phenoxy) is 1. The Balaban J connectivity index is 2.53. The first-order valence-electron chi connectivity index (χ1n) is 9.90. The third-order valence-electron chi connectivity index (χ3n) is 5.56.